The maximum Gasteiger partial charge on any atom is 0.204 e. The van der Waals surface area contributed by atoms with Gasteiger partial charge in [-0.15, -0.1) is 0 Å². The average molecular weight is 268 g/mol. The first-order chi connectivity index (χ1) is 8.97. The zero-order valence-electron chi connectivity index (χ0n) is 12.6. The van der Waals surface area contributed by atoms with Gasteiger partial charge >= 0.3 is 0 Å². The molecule has 1 rings (SSSR count). The van der Waals surface area contributed by atoms with E-state index in [0.29, 0.717) is 5.76 Å². The molecule has 4 heteroatoms. The number of hydrogen-bond acceptors (Lipinski definition) is 4. The molecule has 0 aliphatic heterocycles. The van der Waals surface area contributed by atoms with Gasteiger partial charge in [-0.2, -0.15) is 0 Å². The van der Waals surface area contributed by atoms with E-state index in [1.807, 2.05) is 20.8 Å². The van der Waals surface area contributed by atoms with Gasteiger partial charge in [-0.25, -0.2) is 0 Å². The third kappa shape index (κ3) is 3.18. The van der Waals surface area contributed by atoms with E-state index in [1.54, 1.807) is 14.2 Å². The van der Waals surface area contributed by atoms with E-state index >= 15 is 0 Å². The first-order valence-electron chi connectivity index (χ1n) is 6.50. The Morgan fingerprint density at radius 2 is 1.84 bits per heavy atom. The van der Waals surface area contributed by atoms with Gasteiger partial charge in [0.15, 0.2) is 5.76 Å². The SMILES string of the molecule is COC1=C(OC)C(OC)C(CC=C(C)C)C(C)C1=O. The largest absolute Gasteiger partial charge is 0.494 e. The molecule has 0 bridgehead atoms. The van der Waals surface area contributed by atoms with Gasteiger partial charge in [-0.3, -0.25) is 4.79 Å². The van der Waals surface area contributed by atoms with E-state index in [-0.39, 0.29) is 29.5 Å². The van der Waals surface area contributed by atoms with Crippen molar-refractivity contribution in [1.29, 1.82) is 0 Å². The fraction of sp³-hybridized carbons (Fsp3) is 0.667. The highest BCUT2D eigenvalue weighted by Gasteiger charge is 2.43. The predicted octanol–water partition coefficient (Wildman–Crippen LogP) is 2.70. The van der Waals surface area contributed by atoms with Crippen LogP contribution < -0.4 is 0 Å². The van der Waals surface area contributed by atoms with Crippen molar-refractivity contribution < 1.29 is 19.0 Å². The van der Waals surface area contributed by atoms with Crippen LogP contribution in [0.15, 0.2) is 23.2 Å². The molecule has 0 aromatic carbocycles. The number of Topliss-reactive ketones (excluding diaryl/α,β-unsaturated/α-hetero) is 1. The zero-order chi connectivity index (χ0) is 14.6. The molecule has 0 N–H and O–H groups in total. The van der Waals surface area contributed by atoms with Gasteiger partial charge < -0.3 is 14.2 Å². The molecular formula is C15H24O4. The molecule has 0 heterocycles. The van der Waals surface area contributed by atoms with Crippen LogP contribution in [-0.4, -0.2) is 33.2 Å². The summed E-state index contributed by atoms with van der Waals surface area (Å²) in [7, 11) is 4.67. The van der Waals surface area contributed by atoms with E-state index in [1.165, 1.54) is 12.7 Å². The minimum atomic E-state index is -0.247. The topological polar surface area (TPSA) is 44.8 Å². The Balaban J connectivity index is 3.16. The molecule has 0 amide bonds. The van der Waals surface area contributed by atoms with E-state index in [2.05, 4.69) is 6.08 Å². The molecule has 0 saturated carbocycles. The van der Waals surface area contributed by atoms with Crippen molar-refractivity contribution in [3.8, 4) is 0 Å². The lowest BCUT2D eigenvalue weighted by molar-refractivity contribution is -0.129. The summed E-state index contributed by atoms with van der Waals surface area (Å²) in [6, 6.07) is 0. The van der Waals surface area contributed by atoms with E-state index < -0.39 is 0 Å². The molecule has 4 nitrogen and oxygen atoms in total. The molecule has 3 atom stereocenters. The smallest absolute Gasteiger partial charge is 0.204 e. The molecule has 19 heavy (non-hydrogen) atoms. The predicted molar refractivity (Wildman–Crippen MR) is 73.6 cm³/mol. The molecule has 0 saturated heterocycles. The van der Waals surface area contributed by atoms with Crippen molar-refractivity contribution in [3.63, 3.8) is 0 Å². The Bertz CT molecular complexity index is 391. The van der Waals surface area contributed by atoms with Crippen molar-refractivity contribution in [2.24, 2.45) is 11.8 Å². The summed E-state index contributed by atoms with van der Waals surface area (Å²) in [4.78, 5) is 12.3. The highest BCUT2D eigenvalue weighted by molar-refractivity contribution is 5.97. The molecule has 1 aliphatic rings. The number of rotatable bonds is 5. The molecule has 3 unspecified atom stereocenters. The number of ether oxygens (including phenoxy) is 3. The summed E-state index contributed by atoms with van der Waals surface area (Å²) in [5, 5.41) is 0. The lowest BCUT2D eigenvalue weighted by atomic mass is 9.77. The average Bonchev–Trinajstić information content (AvgIpc) is 2.39. The molecule has 0 aromatic heterocycles. The molecule has 0 spiro atoms. The molecule has 0 radical (unpaired) electrons. The van der Waals surface area contributed by atoms with E-state index in [4.69, 9.17) is 14.2 Å². The van der Waals surface area contributed by atoms with Gasteiger partial charge in [0.05, 0.1) is 14.2 Å². The van der Waals surface area contributed by atoms with Crippen LogP contribution in [0.4, 0.5) is 0 Å². The van der Waals surface area contributed by atoms with Crippen LogP contribution >= 0.6 is 0 Å². The standard InChI is InChI=1S/C15H24O4/c1-9(2)7-8-11-10(3)12(16)14(18-5)15(19-6)13(11)17-4/h7,10-11,13H,8H2,1-6H3. The second kappa shape index (κ2) is 6.75. The van der Waals surface area contributed by atoms with Gasteiger partial charge in [0.2, 0.25) is 11.5 Å². The second-order valence-corrected chi connectivity index (χ2v) is 5.09. The zero-order valence-corrected chi connectivity index (χ0v) is 12.6. The first kappa shape index (κ1) is 15.8. The summed E-state index contributed by atoms with van der Waals surface area (Å²) in [6.45, 7) is 6.01. The summed E-state index contributed by atoms with van der Waals surface area (Å²) in [5.74, 6) is 0.700. The number of methoxy groups -OCH3 is 3. The number of carbonyl (C=O) groups is 1. The first-order valence-corrected chi connectivity index (χ1v) is 6.50. The molecule has 108 valence electrons. The Labute approximate surface area is 115 Å². The summed E-state index contributed by atoms with van der Waals surface area (Å²) in [6.07, 6.45) is 2.67. The molecule has 0 aromatic rings. The normalized spacial score (nSPS) is 27.3. The lowest BCUT2D eigenvalue weighted by Gasteiger charge is -2.35. The van der Waals surface area contributed by atoms with Crippen LogP contribution in [0.5, 0.6) is 0 Å². The molecule has 0 fully saturated rings. The minimum absolute atomic E-state index is 0.0141. The second-order valence-electron chi connectivity index (χ2n) is 5.09. The minimum Gasteiger partial charge on any atom is -0.494 e. The van der Waals surface area contributed by atoms with Crippen molar-refractivity contribution in [3.05, 3.63) is 23.2 Å². The van der Waals surface area contributed by atoms with Crippen molar-refractivity contribution in [2.75, 3.05) is 21.3 Å². The van der Waals surface area contributed by atoms with Gasteiger partial charge in [-0.1, -0.05) is 18.6 Å². The van der Waals surface area contributed by atoms with E-state index in [0.717, 1.165) is 6.42 Å². The van der Waals surface area contributed by atoms with Gasteiger partial charge in [-0.05, 0) is 20.3 Å². The van der Waals surface area contributed by atoms with Crippen LogP contribution in [0, 0.1) is 11.8 Å². The maximum absolute atomic E-state index is 12.3. The van der Waals surface area contributed by atoms with Crippen molar-refractivity contribution in [2.45, 2.75) is 33.3 Å². The van der Waals surface area contributed by atoms with Crippen molar-refractivity contribution >= 4 is 5.78 Å². The van der Waals surface area contributed by atoms with Crippen LogP contribution in [0.2, 0.25) is 0 Å². The van der Waals surface area contributed by atoms with Crippen LogP contribution in [0.1, 0.15) is 27.2 Å². The Hall–Kier alpha value is -1.29. The fourth-order valence-corrected chi connectivity index (χ4v) is 2.50. The Morgan fingerprint density at radius 3 is 2.26 bits per heavy atom. The molecule has 1 aliphatic carbocycles. The Kier molecular flexibility index (Phi) is 5.60. The maximum atomic E-state index is 12.3. The van der Waals surface area contributed by atoms with Crippen LogP contribution in [-0.2, 0) is 19.0 Å². The third-order valence-corrected chi connectivity index (χ3v) is 3.63. The molecular weight excluding hydrogens is 244 g/mol. The van der Waals surface area contributed by atoms with Gasteiger partial charge in [0.1, 0.15) is 6.10 Å². The number of allylic oxidation sites excluding steroid dienone is 3. The quantitative estimate of drug-likeness (QED) is 0.719. The van der Waals surface area contributed by atoms with Gasteiger partial charge in [0, 0.05) is 18.9 Å². The highest BCUT2D eigenvalue weighted by atomic mass is 16.5. The fourth-order valence-electron chi connectivity index (χ4n) is 2.50. The number of ketones is 1. The van der Waals surface area contributed by atoms with Crippen LogP contribution in [0.25, 0.3) is 0 Å². The monoisotopic (exact) mass is 268 g/mol. The Morgan fingerprint density at radius 1 is 1.21 bits per heavy atom. The van der Waals surface area contributed by atoms with Crippen molar-refractivity contribution in [1.82, 2.24) is 0 Å². The van der Waals surface area contributed by atoms with Gasteiger partial charge in [0.25, 0.3) is 0 Å². The third-order valence-electron chi connectivity index (χ3n) is 3.63. The van der Waals surface area contributed by atoms with Crippen LogP contribution in [0.3, 0.4) is 0 Å². The van der Waals surface area contributed by atoms with E-state index in [9.17, 15) is 4.79 Å². The summed E-state index contributed by atoms with van der Waals surface area (Å²) >= 11 is 0. The summed E-state index contributed by atoms with van der Waals surface area (Å²) in [5.41, 5.74) is 1.23. The number of hydrogen-bond donors (Lipinski definition) is 0. The highest BCUT2D eigenvalue weighted by Crippen LogP contribution is 2.36. The number of carbonyl (C=O) groups excluding carboxylic acids is 1. The lowest BCUT2D eigenvalue weighted by Crippen LogP contribution is -2.41. The summed E-state index contributed by atoms with van der Waals surface area (Å²) < 4.78 is 16.1.